The van der Waals surface area contributed by atoms with Crippen LogP contribution in [0.15, 0.2) is 12.3 Å². The lowest BCUT2D eigenvalue weighted by molar-refractivity contribution is -0.128. The predicted octanol–water partition coefficient (Wildman–Crippen LogP) is -0.431. The Morgan fingerprint density at radius 2 is 2.00 bits per heavy atom. The Morgan fingerprint density at radius 3 is 2.59 bits per heavy atom. The van der Waals surface area contributed by atoms with E-state index in [0.29, 0.717) is 38.0 Å². The van der Waals surface area contributed by atoms with E-state index in [1.54, 1.807) is 24.1 Å². The Hall–Kier alpha value is -1.90. The second-order valence-corrected chi connectivity index (χ2v) is 7.30. The maximum Gasteiger partial charge on any atom is 0.237 e. The van der Waals surface area contributed by atoms with Crippen LogP contribution in [0.2, 0.25) is 0 Å². The van der Waals surface area contributed by atoms with Crippen LogP contribution in [0.25, 0.3) is 0 Å². The molecule has 1 aromatic heterocycles. The van der Waals surface area contributed by atoms with Crippen LogP contribution >= 0.6 is 0 Å². The van der Waals surface area contributed by atoms with Crippen molar-refractivity contribution in [2.45, 2.75) is 6.92 Å². The fraction of sp³-hybridized carbons (Fsp3) is 0.615. The van der Waals surface area contributed by atoms with E-state index in [1.807, 2.05) is 4.90 Å². The number of aromatic nitrogens is 2. The highest BCUT2D eigenvalue weighted by Crippen LogP contribution is 2.14. The van der Waals surface area contributed by atoms with Gasteiger partial charge in [-0.3, -0.25) is 4.79 Å². The van der Waals surface area contributed by atoms with E-state index < -0.39 is 15.6 Å². The summed E-state index contributed by atoms with van der Waals surface area (Å²) in [5.41, 5.74) is 0. The molecule has 8 nitrogen and oxygen atoms in total. The van der Waals surface area contributed by atoms with Gasteiger partial charge in [0.15, 0.2) is 9.84 Å². The van der Waals surface area contributed by atoms with Gasteiger partial charge in [0, 0.05) is 44.2 Å². The first kappa shape index (κ1) is 16.5. The largest absolute Gasteiger partial charge is 0.481 e. The molecule has 1 amide bonds. The van der Waals surface area contributed by atoms with Crippen LogP contribution in [0.4, 0.5) is 5.95 Å². The fourth-order valence-corrected chi connectivity index (χ4v) is 2.90. The maximum atomic E-state index is 12.0. The maximum absolute atomic E-state index is 12.0. The number of hydrogen-bond acceptors (Lipinski definition) is 7. The third-order valence-electron chi connectivity index (χ3n) is 3.52. The molecule has 1 aliphatic rings. The molecule has 0 aromatic carbocycles. The molecule has 0 aliphatic carbocycles. The molecule has 0 atom stereocenters. The number of sulfone groups is 1. The molecule has 0 N–H and O–H groups in total. The van der Waals surface area contributed by atoms with Crippen LogP contribution in [-0.4, -0.2) is 74.0 Å². The first-order valence-electron chi connectivity index (χ1n) is 7.05. The molecule has 9 heteroatoms. The SMILES string of the molecule is CCS(=O)(=O)CC(=O)N1CCN(c2nccc(OC)n2)CC1. The number of anilines is 1. The monoisotopic (exact) mass is 328 g/mol. The number of hydrogen-bond donors (Lipinski definition) is 0. The summed E-state index contributed by atoms with van der Waals surface area (Å²) >= 11 is 0. The Kier molecular flexibility index (Phi) is 5.17. The number of methoxy groups -OCH3 is 1. The molecule has 0 spiro atoms. The lowest BCUT2D eigenvalue weighted by atomic mass is 10.3. The van der Waals surface area contributed by atoms with Gasteiger partial charge in [0.1, 0.15) is 5.75 Å². The van der Waals surface area contributed by atoms with E-state index in [2.05, 4.69) is 9.97 Å². The van der Waals surface area contributed by atoms with Crippen molar-refractivity contribution in [3.63, 3.8) is 0 Å². The highest BCUT2D eigenvalue weighted by atomic mass is 32.2. The molecule has 1 aromatic rings. The van der Waals surface area contributed by atoms with Crippen molar-refractivity contribution >= 4 is 21.7 Å². The number of nitrogens with zero attached hydrogens (tertiary/aromatic N) is 4. The van der Waals surface area contributed by atoms with E-state index in [9.17, 15) is 13.2 Å². The molecule has 0 radical (unpaired) electrons. The molecule has 2 rings (SSSR count). The molecule has 0 bridgehead atoms. The van der Waals surface area contributed by atoms with Gasteiger partial charge in [-0.1, -0.05) is 6.92 Å². The highest BCUT2D eigenvalue weighted by molar-refractivity contribution is 7.92. The van der Waals surface area contributed by atoms with Crippen molar-refractivity contribution in [3.05, 3.63) is 12.3 Å². The van der Waals surface area contributed by atoms with E-state index in [0.717, 1.165) is 0 Å². The summed E-state index contributed by atoms with van der Waals surface area (Å²) < 4.78 is 28.1. The molecule has 1 saturated heterocycles. The minimum absolute atomic E-state index is 0.0175. The third-order valence-corrected chi connectivity index (χ3v) is 5.09. The standard InChI is InChI=1S/C13H20N4O4S/c1-3-22(19,20)10-12(18)16-6-8-17(9-7-16)13-14-5-4-11(15-13)21-2/h4-5H,3,6-10H2,1-2H3. The molecular weight excluding hydrogens is 308 g/mol. The zero-order chi connectivity index (χ0) is 16.2. The molecule has 1 fully saturated rings. The minimum Gasteiger partial charge on any atom is -0.481 e. The zero-order valence-corrected chi connectivity index (χ0v) is 13.5. The van der Waals surface area contributed by atoms with E-state index >= 15 is 0 Å². The van der Waals surface area contributed by atoms with Gasteiger partial charge in [-0.05, 0) is 0 Å². The second-order valence-electron chi connectivity index (χ2n) is 4.94. The summed E-state index contributed by atoms with van der Waals surface area (Å²) in [5, 5.41) is 0. The average molecular weight is 328 g/mol. The molecule has 122 valence electrons. The van der Waals surface area contributed by atoms with Gasteiger partial charge in [0.2, 0.25) is 17.7 Å². The van der Waals surface area contributed by atoms with Crippen LogP contribution in [0.1, 0.15) is 6.92 Å². The van der Waals surface area contributed by atoms with Crippen molar-refractivity contribution < 1.29 is 17.9 Å². The molecule has 22 heavy (non-hydrogen) atoms. The average Bonchev–Trinajstić information content (AvgIpc) is 2.54. The van der Waals surface area contributed by atoms with Gasteiger partial charge in [-0.2, -0.15) is 4.98 Å². The van der Waals surface area contributed by atoms with Crippen molar-refractivity contribution in [1.29, 1.82) is 0 Å². The van der Waals surface area contributed by atoms with Crippen LogP contribution < -0.4 is 9.64 Å². The van der Waals surface area contributed by atoms with E-state index in [4.69, 9.17) is 4.74 Å². The highest BCUT2D eigenvalue weighted by Gasteiger charge is 2.25. The Morgan fingerprint density at radius 1 is 1.32 bits per heavy atom. The van der Waals surface area contributed by atoms with Crippen LogP contribution in [0.3, 0.4) is 0 Å². The predicted molar refractivity (Wildman–Crippen MR) is 81.7 cm³/mol. The summed E-state index contributed by atoms with van der Waals surface area (Å²) in [6.07, 6.45) is 1.62. The smallest absolute Gasteiger partial charge is 0.237 e. The number of amides is 1. The minimum atomic E-state index is -3.29. The van der Waals surface area contributed by atoms with Gasteiger partial charge < -0.3 is 14.5 Å². The van der Waals surface area contributed by atoms with Crippen molar-refractivity contribution in [3.8, 4) is 5.88 Å². The third kappa shape index (κ3) is 4.06. The normalized spacial score (nSPS) is 15.7. The Balaban J connectivity index is 1.94. The Bertz CT molecular complexity index is 627. The fourth-order valence-electron chi connectivity index (χ4n) is 2.14. The summed E-state index contributed by atoms with van der Waals surface area (Å²) in [6, 6.07) is 1.67. The topological polar surface area (TPSA) is 92.7 Å². The van der Waals surface area contributed by atoms with Gasteiger partial charge in [-0.25, -0.2) is 13.4 Å². The van der Waals surface area contributed by atoms with Crippen molar-refractivity contribution in [2.75, 3.05) is 49.7 Å². The molecule has 0 unspecified atom stereocenters. The van der Waals surface area contributed by atoms with Crippen molar-refractivity contribution in [1.82, 2.24) is 14.9 Å². The Labute approximate surface area is 130 Å². The molecule has 2 heterocycles. The van der Waals surface area contributed by atoms with Gasteiger partial charge >= 0.3 is 0 Å². The summed E-state index contributed by atoms with van der Waals surface area (Å²) in [6.45, 7) is 3.58. The first-order valence-corrected chi connectivity index (χ1v) is 8.87. The number of carbonyl (C=O) groups is 1. The van der Waals surface area contributed by atoms with Gasteiger partial charge in [0.05, 0.1) is 7.11 Å². The van der Waals surface area contributed by atoms with E-state index in [1.165, 1.54) is 7.11 Å². The summed E-state index contributed by atoms with van der Waals surface area (Å²) in [4.78, 5) is 24.0. The number of carbonyl (C=O) groups excluding carboxylic acids is 1. The summed E-state index contributed by atoms with van der Waals surface area (Å²) in [7, 11) is -1.75. The van der Waals surface area contributed by atoms with Gasteiger partial charge in [-0.15, -0.1) is 0 Å². The lowest BCUT2D eigenvalue weighted by Crippen LogP contribution is -2.50. The molecule has 0 saturated carbocycles. The number of piperazine rings is 1. The molecular formula is C13H20N4O4S. The van der Waals surface area contributed by atoms with Crippen LogP contribution in [-0.2, 0) is 14.6 Å². The number of ether oxygens (including phenoxy) is 1. The second kappa shape index (κ2) is 6.91. The van der Waals surface area contributed by atoms with Crippen LogP contribution in [0, 0.1) is 0 Å². The van der Waals surface area contributed by atoms with Gasteiger partial charge in [0.25, 0.3) is 0 Å². The zero-order valence-electron chi connectivity index (χ0n) is 12.7. The van der Waals surface area contributed by atoms with Crippen LogP contribution in [0.5, 0.6) is 5.88 Å². The lowest BCUT2D eigenvalue weighted by Gasteiger charge is -2.34. The summed E-state index contributed by atoms with van der Waals surface area (Å²) in [5.74, 6) is 0.258. The quantitative estimate of drug-likeness (QED) is 0.724. The van der Waals surface area contributed by atoms with Crippen molar-refractivity contribution in [2.24, 2.45) is 0 Å². The van der Waals surface area contributed by atoms with E-state index in [-0.39, 0.29) is 11.7 Å². The first-order chi connectivity index (χ1) is 10.4. The molecule has 1 aliphatic heterocycles. The number of rotatable bonds is 5.